The summed E-state index contributed by atoms with van der Waals surface area (Å²) in [5.41, 5.74) is -1.89. The molecule has 1 atom stereocenters. The topological polar surface area (TPSA) is 99.6 Å². The van der Waals surface area contributed by atoms with Crippen LogP contribution in [-0.2, 0) is 24.4 Å². The van der Waals surface area contributed by atoms with Gasteiger partial charge in [-0.25, -0.2) is 4.68 Å². The summed E-state index contributed by atoms with van der Waals surface area (Å²) >= 11 is 0. The highest BCUT2D eigenvalue weighted by Gasteiger charge is 2.45. The Balaban J connectivity index is 1.58. The number of fused-ring (bicyclic) bond motifs is 1. The Morgan fingerprint density at radius 2 is 2.11 bits per heavy atom. The fourth-order valence-electron chi connectivity index (χ4n) is 3.69. The van der Waals surface area contributed by atoms with Crippen LogP contribution in [0.2, 0.25) is 0 Å². The van der Waals surface area contributed by atoms with Gasteiger partial charge in [0.05, 0.1) is 19.4 Å². The number of hydrogen-bond donors (Lipinski definition) is 0. The van der Waals surface area contributed by atoms with E-state index in [-0.39, 0.29) is 30.7 Å². The third-order valence-corrected chi connectivity index (χ3v) is 5.04. The number of furan rings is 1. The van der Waals surface area contributed by atoms with Gasteiger partial charge in [-0.05, 0) is 24.5 Å². The van der Waals surface area contributed by atoms with Crippen LogP contribution in [0.3, 0.4) is 0 Å². The summed E-state index contributed by atoms with van der Waals surface area (Å²) in [6, 6.07) is 3.29. The third kappa shape index (κ3) is 3.12. The van der Waals surface area contributed by atoms with Crippen molar-refractivity contribution in [3.8, 4) is 0 Å². The van der Waals surface area contributed by atoms with Gasteiger partial charge in [-0.15, -0.1) is 0 Å². The minimum atomic E-state index is -0.683. The Bertz CT molecular complexity index is 975. The summed E-state index contributed by atoms with van der Waals surface area (Å²) in [7, 11) is 0. The molecular weight excluding hydrogens is 352 g/mol. The zero-order valence-corrected chi connectivity index (χ0v) is 15.4. The molecule has 27 heavy (non-hydrogen) atoms. The van der Waals surface area contributed by atoms with Gasteiger partial charge in [0.1, 0.15) is 12.2 Å². The molecule has 9 nitrogen and oxygen atoms in total. The van der Waals surface area contributed by atoms with Crippen molar-refractivity contribution >= 4 is 5.91 Å². The molecule has 1 saturated heterocycles. The molecule has 0 saturated carbocycles. The van der Waals surface area contributed by atoms with Crippen LogP contribution in [0.4, 0.5) is 0 Å². The second-order valence-electron chi connectivity index (χ2n) is 7.61. The standard InChI is InChI=1S/C18H22N4O5/c1-12(2)8-22-17(25)16(24)21-11-18(27-9-14(21)19-22)5-6-20(10-18)15(23)13-4-3-7-26-13/h3-4,7,12H,5-6,8-11H2,1-2H3/t18-/m0/s1. The average molecular weight is 374 g/mol. The number of carbonyl (C=O) groups excluding carboxylic acids is 1. The van der Waals surface area contributed by atoms with E-state index < -0.39 is 16.7 Å². The van der Waals surface area contributed by atoms with E-state index in [1.165, 1.54) is 15.5 Å². The first-order valence-corrected chi connectivity index (χ1v) is 9.06. The number of rotatable bonds is 3. The fraction of sp³-hybridized carbons (Fsp3) is 0.556. The molecule has 4 rings (SSSR count). The number of nitrogens with zero attached hydrogens (tertiary/aromatic N) is 4. The molecule has 0 bridgehead atoms. The summed E-state index contributed by atoms with van der Waals surface area (Å²) in [4.78, 5) is 39.1. The predicted molar refractivity (Wildman–Crippen MR) is 94.3 cm³/mol. The minimum Gasteiger partial charge on any atom is -0.459 e. The number of likely N-dealkylation sites (tertiary alicyclic amines) is 1. The Hall–Kier alpha value is -2.68. The molecule has 0 aliphatic carbocycles. The summed E-state index contributed by atoms with van der Waals surface area (Å²) in [6.07, 6.45) is 2.04. The molecule has 2 aliphatic rings. The maximum Gasteiger partial charge on any atom is 0.332 e. The summed E-state index contributed by atoms with van der Waals surface area (Å²) in [5.74, 6) is 0.717. The van der Waals surface area contributed by atoms with Crippen LogP contribution in [0.5, 0.6) is 0 Å². The van der Waals surface area contributed by atoms with E-state index in [1.54, 1.807) is 17.0 Å². The molecular formula is C18H22N4O5. The van der Waals surface area contributed by atoms with Gasteiger partial charge < -0.3 is 14.1 Å². The summed E-state index contributed by atoms with van der Waals surface area (Å²) < 4.78 is 13.9. The van der Waals surface area contributed by atoms with E-state index in [4.69, 9.17) is 9.15 Å². The molecule has 2 aromatic rings. The number of carbonyl (C=O) groups is 1. The average Bonchev–Trinajstić information content (AvgIpc) is 3.30. The molecule has 144 valence electrons. The van der Waals surface area contributed by atoms with Gasteiger partial charge in [0.2, 0.25) is 0 Å². The van der Waals surface area contributed by atoms with Crippen LogP contribution in [0, 0.1) is 5.92 Å². The van der Waals surface area contributed by atoms with E-state index in [0.29, 0.717) is 31.9 Å². The lowest BCUT2D eigenvalue weighted by molar-refractivity contribution is -0.0844. The Morgan fingerprint density at radius 1 is 1.30 bits per heavy atom. The maximum atomic E-state index is 12.6. The quantitative estimate of drug-likeness (QED) is 0.724. The fourth-order valence-corrected chi connectivity index (χ4v) is 3.69. The second kappa shape index (κ2) is 6.49. The highest BCUT2D eigenvalue weighted by Crippen LogP contribution is 2.31. The lowest BCUT2D eigenvalue weighted by Gasteiger charge is -2.35. The molecule has 1 amide bonds. The molecule has 4 heterocycles. The van der Waals surface area contributed by atoms with Crippen LogP contribution in [-0.4, -0.2) is 43.8 Å². The van der Waals surface area contributed by atoms with Crippen molar-refractivity contribution in [2.75, 3.05) is 13.1 Å². The number of amides is 1. The normalized spacial score (nSPS) is 21.8. The Labute approximate surface area is 155 Å². The van der Waals surface area contributed by atoms with Gasteiger partial charge in [-0.2, -0.15) is 5.10 Å². The van der Waals surface area contributed by atoms with Gasteiger partial charge >= 0.3 is 11.1 Å². The second-order valence-corrected chi connectivity index (χ2v) is 7.61. The van der Waals surface area contributed by atoms with E-state index >= 15 is 0 Å². The SMILES string of the molecule is CC(C)Cn1nc2n(c(=O)c1=O)C[C@@]1(CCN(C(=O)c3ccco3)C1)OC2. The van der Waals surface area contributed by atoms with Crippen LogP contribution < -0.4 is 11.1 Å². The molecule has 0 unspecified atom stereocenters. The molecule has 1 spiro atoms. The van der Waals surface area contributed by atoms with Crippen molar-refractivity contribution in [1.82, 2.24) is 19.2 Å². The van der Waals surface area contributed by atoms with Crippen LogP contribution in [0.25, 0.3) is 0 Å². The molecule has 2 aromatic heterocycles. The minimum absolute atomic E-state index is 0.135. The maximum absolute atomic E-state index is 12.6. The molecule has 9 heteroatoms. The predicted octanol–water partition coefficient (Wildman–Crippen LogP) is 0.469. The first kappa shape index (κ1) is 17.7. The van der Waals surface area contributed by atoms with Gasteiger partial charge in [0.25, 0.3) is 5.91 Å². The first-order valence-electron chi connectivity index (χ1n) is 9.06. The first-order chi connectivity index (χ1) is 12.9. The third-order valence-electron chi connectivity index (χ3n) is 5.04. The Morgan fingerprint density at radius 3 is 2.81 bits per heavy atom. The number of hydrogen-bond acceptors (Lipinski definition) is 6. The van der Waals surface area contributed by atoms with Crippen LogP contribution >= 0.6 is 0 Å². The largest absolute Gasteiger partial charge is 0.459 e. The van der Waals surface area contributed by atoms with Crippen LogP contribution in [0.15, 0.2) is 32.4 Å². The van der Waals surface area contributed by atoms with E-state index in [0.717, 1.165) is 0 Å². The molecule has 0 aromatic carbocycles. The van der Waals surface area contributed by atoms with Gasteiger partial charge in [0.15, 0.2) is 11.6 Å². The van der Waals surface area contributed by atoms with E-state index in [2.05, 4.69) is 5.10 Å². The molecule has 0 radical (unpaired) electrons. The van der Waals surface area contributed by atoms with Gasteiger partial charge in [0, 0.05) is 13.1 Å². The van der Waals surface area contributed by atoms with Gasteiger partial charge in [-0.3, -0.25) is 19.0 Å². The zero-order valence-electron chi connectivity index (χ0n) is 15.4. The van der Waals surface area contributed by atoms with Crippen molar-refractivity contribution in [3.05, 3.63) is 50.7 Å². The zero-order chi connectivity index (χ0) is 19.2. The Kier molecular flexibility index (Phi) is 4.26. The van der Waals surface area contributed by atoms with Gasteiger partial charge in [-0.1, -0.05) is 13.8 Å². The number of ether oxygens (including phenoxy) is 1. The van der Waals surface area contributed by atoms with Crippen molar-refractivity contribution in [3.63, 3.8) is 0 Å². The van der Waals surface area contributed by atoms with Crippen LogP contribution in [0.1, 0.15) is 36.6 Å². The van der Waals surface area contributed by atoms with E-state index in [9.17, 15) is 14.4 Å². The lowest BCUT2D eigenvalue weighted by atomic mass is 10.0. The number of aromatic nitrogens is 3. The highest BCUT2D eigenvalue weighted by atomic mass is 16.5. The van der Waals surface area contributed by atoms with Crippen molar-refractivity contribution < 1.29 is 13.9 Å². The molecule has 0 N–H and O–H groups in total. The summed E-state index contributed by atoms with van der Waals surface area (Å²) in [5, 5.41) is 4.31. The van der Waals surface area contributed by atoms with Crippen molar-refractivity contribution in [2.24, 2.45) is 5.92 Å². The van der Waals surface area contributed by atoms with Crippen molar-refractivity contribution in [2.45, 2.75) is 45.6 Å². The smallest absolute Gasteiger partial charge is 0.332 e. The van der Waals surface area contributed by atoms with Crippen molar-refractivity contribution in [1.29, 1.82) is 0 Å². The highest BCUT2D eigenvalue weighted by molar-refractivity contribution is 5.91. The lowest BCUT2D eigenvalue weighted by Crippen LogP contribution is -2.53. The summed E-state index contributed by atoms with van der Waals surface area (Å²) in [6.45, 7) is 5.50. The monoisotopic (exact) mass is 374 g/mol. The molecule has 2 aliphatic heterocycles. The molecule has 1 fully saturated rings. The van der Waals surface area contributed by atoms with E-state index in [1.807, 2.05) is 13.8 Å².